The molecule has 1 N–H and O–H groups in total. The molecule has 4 aromatic rings. The zero-order valence-corrected chi connectivity index (χ0v) is 14.6. The number of benzene rings is 2. The molecule has 0 atom stereocenters. The molecule has 0 aliphatic carbocycles. The molecular weight excluding hydrogens is 340 g/mol. The molecule has 0 aliphatic heterocycles. The summed E-state index contributed by atoms with van der Waals surface area (Å²) < 4.78 is 11.0. The van der Waals surface area contributed by atoms with E-state index in [4.69, 9.17) is 9.15 Å². The van der Waals surface area contributed by atoms with Gasteiger partial charge in [0.25, 0.3) is 5.91 Å². The molecule has 0 spiro atoms. The van der Waals surface area contributed by atoms with Gasteiger partial charge in [-0.1, -0.05) is 30.3 Å². The van der Waals surface area contributed by atoms with E-state index in [0.717, 1.165) is 22.0 Å². The van der Waals surface area contributed by atoms with E-state index >= 15 is 0 Å². The number of nitrogens with zero attached hydrogens (tertiary/aromatic N) is 1. The maximum Gasteiger partial charge on any atom is 0.258 e. The lowest BCUT2D eigenvalue weighted by molar-refractivity contribution is -0.123. The summed E-state index contributed by atoms with van der Waals surface area (Å²) in [5.74, 6) is 1.19. The van der Waals surface area contributed by atoms with E-state index < -0.39 is 0 Å². The molecule has 0 unspecified atom stereocenters. The average Bonchev–Trinajstić information content (AvgIpc) is 3.26. The van der Waals surface area contributed by atoms with Crippen molar-refractivity contribution < 1.29 is 13.9 Å². The first-order valence-electron chi connectivity index (χ1n) is 8.65. The number of aromatic nitrogens is 1. The van der Waals surface area contributed by atoms with Crippen molar-refractivity contribution in [2.24, 2.45) is 0 Å². The normalized spacial score (nSPS) is 10.7. The highest BCUT2D eigenvalue weighted by Gasteiger charge is 2.06. The van der Waals surface area contributed by atoms with Crippen molar-refractivity contribution in [1.29, 1.82) is 0 Å². The van der Waals surface area contributed by atoms with E-state index in [-0.39, 0.29) is 12.5 Å². The highest BCUT2D eigenvalue weighted by molar-refractivity contribution is 5.84. The van der Waals surface area contributed by atoms with Crippen LogP contribution in [0.5, 0.6) is 5.75 Å². The van der Waals surface area contributed by atoms with Gasteiger partial charge in [0.05, 0.1) is 6.26 Å². The molecule has 134 valence electrons. The standard InChI is InChI=1S/C22H18N2O3/c25-22(15-27-19-8-7-17-4-1-2-5-18(17)13-19)24-14-16-9-10-23-20(12-16)21-6-3-11-26-21/h1-13H,14-15H2,(H,24,25). The Kier molecular flexibility index (Phi) is 4.83. The van der Waals surface area contributed by atoms with Crippen molar-refractivity contribution >= 4 is 16.7 Å². The number of carbonyl (C=O) groups is 1. The van der Waals surface area contributed by atoms with E-state index in [9.17, 15) is 4.79 Å². The molecular formula is C22H18N2O3. The van der Waals surface area contributed by atoms with Crippen LogP contribution in [-0.4, -0.2) is 17.5 Å². The van der Waals surface area contributed by atoms with Crippen LogP contribution in [0, 0.1) is 0 Å². The van der Waals surface area contributed by atoms with Gasteiger partial charge in [-0.2, -0.15) is 0 Å². The van der Waals surface area contributed by atoms with Gasteiger partial charge in [-0.3, -0.25) is 9.78 Å². The number of amides is 1. The topological polar surface area (TPSA) is 64.4 Å². The fourth-order valence-corrected chi connectivity index (χ4v) is 2.80. The molecule has 0 saturated carbocycles. The van der Waals surface area contributed by atoms with Gasteiger partial charge in [0.1, 0.15) is 11.4 Å². The first-order valence-corrected chi connectivity index (χ1v) is 8.65. The zero-order valence-electron chi connectivity index (χ0n) is 14.6. The van der Waals surface area contributed by atoms with Crippen LogP contribution in [-0.2, 0) is 11.3 Å². The van der Waals surface area contributed by atoms with Crippen LogP contribution in [0.1, 0.15) is 5.56 Å². The molecule has 5 nitrogen and oxygen atoms in total. The first-order chi connectivity index (χ1) is 13.3. The summed E-state index contributed by atoms with van der Waals surface area (Å²) in [6.45, 7) is 0.366. The fraction of sp³-hybridized carbons (Fsp3) is 0.0909. The van der Waals surface area contributed by atoms with Crippen LogP contribution in [0.15, 0.2) is 83.6 Å². The second-order valence-corrected chi connectivity index (χ2v) is 6.10. The number of fused-ring (bicyclic) bond motifs is 1. The van der Waals surface area contributed by atoms with Gasteiger partial charge in [0, 0.05) is 12.7 Å². The lowest BCUT2D eigenvalue weighted by atomic mass is 10.1. The Morgan fingerprint density at radius 3 is 2.74 bits per heavy atom. The van der Waals surface area contributed by atoms with Gasteiger partial charge in [-0.15, -0.1) is 0 Å². The third-order valence-corrected chi connectivity index (χ3v) is 4.18. The van der Waals surface area contributed by atoms with Gasteiger partial charge in [0.15, 0.2) is 12.4 Å². The third kappa shape index (κ3) is 4.15. The molecule has 0 saturated heterocycles. The summed E-state index contributed by atoms with van der Waals surface area (Å²) in [5, 5.41) is 5.08. The molecule has 27 heavy (non-hydrogen) atoms. The molecule has 0 fully saturated rings. The summed E-state index contributed by atoms with van der Waals surface area (Å²) in [6, 6.07) is 21.2. The number of nitrogens with one attached hydrogen (secondary N) is 1. The zero-order chi connectivity index (χ0) is 18.5. The lowest BCUT2D eigenvalue weighted by Gasteiger charge is -2.09. The van der Waals surface area contributed by atoms with Crippen LogP contribution in [0.3, 0.4) is 0 Å². The Bertz CT molecular complexity index is 1060. The van der Waals surface area contributed by atoms with Gasteiger partial charge < -0.3 is 14.5 Å². The summed E-state index contributed by atoms with van der Waals surface area (Å²) in [5.41, 5.74) is 1.68. The van der Waals surface area contributed by atoms with Crippen LogP contribution < -0.4 is 10.1 Å². The quantitative estimate of drug-likeness (QED) is 0.561. The second-order valence-electron chi connectivity index (χ2n) is 6.10. The minimum absolute atomic E-state index is 0.0333. The lowest BCUT2D eigenvalue weighted by Crippen LogP contribution is -2.28. The van der Waals surface area contributed by atoms with E-state index in [2.05, 4.69) is 10.3 Å². The smallest absolute Gasteiger partial charge is 0.258 e. The summed E-state index contributed by atoms with van der Waals surface area (Å²) >= 11 is 0. The number of hydrogen-bond acceptors (Lipinski definition) is 4. The van der Waals surface area contributed by atoms with Crippen LogP contribution in [0.2, 0.25) is 0 Å². The summed E-state index contributed by atoms with van der Waals surface area (Å²) in [7, 11) is 0. The molecule has 0 bridgehead atoms. The molecule has 0 aliphatic rings. The Balaban J connectivity index is 1.32. The van der Waals surface area contributed by atoms with Crippen molar-refractivity contribution in [2.45, 2.75) is 6.54 Å². The van der Waals surface area contributed by atoms with Crippen molar-refractivity contribution in [3.63, 3.8) is 0 Å². The average molecular weight is 358 g/mol. The highest BCUT2D eigenvalue weighted by atomic mass is 16.5. The van der Waals surface area contributed by atoms with E-state index in [1.807, 2.05) is 66.7 Å². The predicted molar refractivity (Wildman–Crippen MR) is 103 cm³/mol. The molecule has 0 radical (unpaired) electrons. The Labute approximate surface area is 156 Å². The molecule has 1 amide bonds. The van der Waals surface area contributed by atoms with E-state index in [0.29, 0.717) is 18.1 Å². The number of furan rings is 1. The number of ether oxygens (including phenoxy) is 1. The SMILES string of the molecule is O=C(COc1ccc2ccccc2c1)NCc1ccnc(-c2ccco2)c1. The van der Waals surface area contributed by atoms with Crippen LogP contribution in [0.25, 0.3) is 22.2 Å². The van der Waals surface area contributed by atoms with E-state index in [1.165, 1.54) is 0 Å². The summed E-state index contributed by atoms with van der Waals surface area (Å²) in [4.78, 5) is 16.4. The van der Waals surface area contributed by atoms with Crippen LogP contribution >= 0.6 is 0 Å². The number of carbonyl (C=O) groups excluding carboxylic acids is 1. The van der Waals surface area contributed by atoms with Crippen molar-refractivity contribution in [2.75, 3.05) is 6.61 Å². The van der Waals surface area contributed by atoms with E-state index in [1.54, 1.807) is 12.5 Å². The Hall–Kier alpha value is -3.60. The van der Waals surface area contributed by atoms with Gasteiger partial charge in [0.2, 0.25) is 0 Å². The fourth-order valence-electron chi connectivity index (χ4n) is 2.80. The molecule has 2 heterocycles. The largest absolute Gasteiger partial charge is 0.484 e. The molecule has 2 aromatic carbocycles. The number of hydrogen-bond donors (Lipinski definition) is 1. The highest BCUT2D eigenvalue weighted by Crippen LogP contribution is 2.20. The molecule has 2 aromatic heterocycles. The van der Waals surface area contributed by atoms with Gasteiger partial charge in [-0.25, -0.2) is 0 Å². The minimum atomic E-state index is -0.181. The first kappa shape index (κ1) is 16.8. The predicted octanol–water partition coefficient (Wildman–Crippen LogP) is 4.19. The second kappa shape index (κ2) is 7.74. The molecule has 5 heteroatoms. The minimum Gasteiger partial charge on any atom is -0.484 e. The monoisotopic (exact) mass is 358 g/mol. The van der Waals surface area contributed by atoms with Crippen LogP contribution in [0.4, 0.5) is 0 Å². The number of pyridine rings is 1. The Morgan fingerprint density at radius 1 is 1.00 bits per heavy atom. The Morgan fingerprint density at radius 2 is 1.89 bits per heavy atom. The van der Waals surface area contributed by atoms with Gasteiger partial charge in [-0.05, 0) is 52.7 Å². The maximum absolute atomic E-state index is 12.1. The van der Waals surface area contributed by atoms with Crippen molar-refractivity contribution in [1.82, 2.24) is 10.3 Å². The number of rotatable bonds is 6. The van der Waals surface area contributed by atoms with Gasteiger partial charge >= 0.3 is 0 Å². The third-order valence-electron chi connectivity index (χ3n) is 4.18. The summed E-state index contributed by atoms with van der Waals surface area (Å²) in [6.07, 6.45) is 3.31. The molecule has 4 rings (SSSR count). The van der Waals surface area contributed by atoms with Crippen molar-refractivity contribution in [3.05, 3.63) is 84.8 Å². The van der Waals surface area contributed by atoms with Crippen molar-refractivity contribution in [3.8, 4) is 17.2 Å². The maximum atomic E-state index is 12.1.